The number of aromatic hydroxyl groups is 1. The summed E-state index contributed by atoms with van der Waals surface area (Å²) in [6.45, 7) is 6.19. The number of carboxylic acids is 1. The molecule has 1 aromatic carbocycles. The number of carboxylic acid groups (broad SMARTS) is 1. The number of phenolic OH excluding ortho intramolecular Hbond substituents is 1. The SMILES string of the molecule is COc1cc(C(C)(NCC(C)C)C(=O)O)ccc1O. The zero-order chi connectivity index (χ0) is 14.6. The Bertz CT molecular complexity index is 459. The largest absolute Gasteiger partial charge is 0.504 e. The summed E-state index contributed by atoms with van der Waals surface area (Å²) in [5.41, 5.74) is -0.680. The molecule has 1 aromatic rings. The molecule has 1 atom stereocenters. The highest BCUT2D eigenvalue weighted by molar-refractivity contribution is 5.80. The van der Waals surface area contributed by atoms with Gasteiger partial charge < -0.3 is 14.9 Å². The molecule has 0 saturated heterocycles. The van der Waals surface area contributed by atoms with Gasteiger partial charge in [-0.25, -0.2) is 4.79 Å². The summed E-state index contributed by atoms with van der Waals surface area (Å²) in [5.74, 6) is -0.391. The minimum Gasteiger partial charge on any atom is -0.504 e. The van der Waals surface area contributed by atoms with Crippen LogP contribution in [0.2, 0.25) is 0 Å². The molecule has 0 aliphatic heterocycles. The predicted octanol–water partition coefficient (Wildman–Crippen LogP) is 1.95. The number of nitrogens with one attached hydrogen (secondary N) is 1. The lowest BCUT2D eigenvalue weighted by Crippen LogP contribution is -2.48. The lowest BCUT2D eigenvalue weighted by Gasteiger charge is -2.28. The predicted molar refractivity (Wildman–Crippen MR) is 72.5 cm³/mol. The van der Waals surface area contributed by atoms with Gasteiger partial charge in [0.25, 0.3) is 0 Å². The number of methoxy groups -OCH3 is 1. The first kappa shape index (κ1) is 15.3. The van der Waals surface area contributed by atoms with E-state index in [1.54, 1.807) is 13.0 Å². The average molecular weight is 267 g/mol. The summed E-state index contributed by atoms with van der Waals surface area (Å²) in [7, 11) is 1.43. The molecule has 0 aromatic heterocycles. The molecule has 0 fully saturated rings. The van der Waals surface area contributed by atoms with Crippen LogP contribution in [0.25, 0.3) is 0 Å². The van der Waals surface area contributed by atoms with Crippen molar-refractivity contribution in [3.63, 3.8) is 0 Å². The maximum atomic E-state index is 11.6. The van der Waals surface area contributed by atoms with Crippen molar-refractivity contribution in [3.05, 3.63) is 23.8 Å². The molecule has 0 bridgehead atoms. The maximum Gasteiger partial charge on any atom is 0.328 e. The van der Waals surface area contributed by atoms with Gasteiger partial charge in [-0.05, 0) is 37.1 Å². The summed E-state index contributed by atoms with van der Waals surface area (Å²) < 4.78 is 5.02. The van der Waals surface area contributed by atoms with E-state index in [0.29, 0.717) is 18.0 Å². The second-order valence-electron chi connectivity index (χ2n) is 5.09. The molecule has 0 radical (unpaired) electrons. The summed E-state index contributed by atoms with van der Waals surface area (Å²) in [5, 5.41) is 22.1. The molecule has 1 unspecified atom stereocenters. The van der Waals surface area contributed by atoms with Crippen LogP contribution in [0.4, 0.5) is 0 Å². The number of benzene rings is 1. The first-order valence-electron chi connectivity index (χ1n) is 6.17. The van der Waals surface area contributed by atoms with Gasteiger partial charge in [-0.2, -0.15) is 0 Å². The maximum absolute atomic E-state index is 11.6. The number of hydrogen-bond acceptors (Lipinski definition) is 4. The lowest BCUT2D eigenvalue weighted by atomic mass is 9.91. The van der Waals surface area contributed by atoms with Gasteiger partial charge in [0.1, 0.15) is 5.54 Å². The van der Waals surface area contributed by atoms with Crippen molar-refractivity contribution >= 4 is 5.97 Å². The van der Waals surface area contributed by atoms with Crippen molar-refractivity contribution in [1.29, 1.82) is 0 Å². The fraction of sp³-hybridized carbons (Fsp3) is 0.500. The number of rotatable bonds is 6. The quantitative estimate of drug-likeness (QED) is 0.734. The van der Waals surface area contributed by atoms with Crippen LogP contribution in [-0.4, -0.2) is 29.8 Å². The zero-order valence-electron chi connectivity index (χ0n) is 11.7. The molecule has 0 spiro atoms. The highest BCUT2D eigenvalue weighted by Crippen LogP contribution is 2.31. The Kier molecular flexibility index (Phi) is 4.78. The standard InChI is InChI=1S/C14H21NO4/c1-9(2)8-15-14(3,13(17)18)10-5-6-11(16)12(7-10)19-4/h5-7,9,15-16H,8H2,1-4H3,(H,17,18). The summed E-state index contributed by atoms with van der Waals surface area (Å²) >= 11 is 0. The van der Waals surface area contributed by atoms with E-state index >= 15 is 0 Å². The zero-order valence-corrected chi connectivity index (χ0v) is 11.7. The Morgan fingerprint density at radius 3 is 2.58 bits per heavy atom. The molecule has 0 aliphatic rings. The van der Waals surface area contributed by atoms with E-state index in [2.05, 4.69) is 5.32 Å². The molecule has 5 heteroatoms. The molecule has 5 nitrogen and oxygen atoms in total. The Hall–Kier alpha value is -1.75. The van der Waals surface area contributed by atoms with Crippen molar-refractivity contribution < 1.29 is 19.7 Å². The second-order valence-corrected chi connectivity index (χ2v) is 5.09. The normalized spacial score (nSPS) is 14.2. The monoisotopic (exact) mass is 267 g/mol. The Morgan fingerprint density at radius 2 is 2.11 bits per heavy atom. The van der Waals surface area contributed by atoms with Gasteiger partial charge in [0, 0.05) is 0 Å². The van der Waals surface area contributed by atoms with E-state index in [1.165, 1.54) is 19.2 Å². The Morgan fingerprint density at radius 1 is 1.47 bits per heavy atom. The van der Waals surface area contributed by atoms with Gasteiger partial charge in [-0.15, -0.1) is 0 Å². The van der Waals surface area contributed by atoms with E-state index in [1.807, 2.05) is 13.8 Å². The van der Waals surface area contributed by atoms with Crippen molar-refractivity contribution in [1.82, 2.24) is 5.32 Å². The molecule has 0 amide bonds. The van der Waals surface area contributed by atoms with Crippen LogP contribution in [0.15, 0.2) is 18.2 Å². The summed E-state index contributed by atoms with van der Waals surface area (Å²) in [6.07, 6.45) is 0. The third-order valence-corrected chi connectivity index (χ3v) is 3.05. The fourth-order valence-corrected chi connectivity index (χ4v) is 1.70. The van der Waals surface area contributed by atoms with Crippen molar-refractivity contribution in [3.8, 4) is 11.5 Å². The van der Waals surface area contributed by atoms with Crippen LogP contribution >= 0.6 is 0 Å². The summed E-state index contributed by atoms with van der Waals surface area (Å²) in [6, 6.07) is 4.56. The Balaban J connectivity index is 3.15. The van der Waals surface area contributed by atoms with Gasteiger partial charge in [0.15, 0.2) is 11.5 Å². The van der Waals surface area contributed by atoms with E-state index < -0.39 is 11.5 Å². The third-order valence-electron chi connectivity index (χ3n) is 3.05. The minimum atomic E-state index is -1.22. The smallest absolute Gasteiger partial charge is 0.328 e. The molecule has 19 heavy (non-hydrogen) atoms. The summed E-state index contributed by atoms with van der Waals surface area (Å²) in [4.78, 5) is 11.6. The first-order chi connectivity index (χ1) is 8.81. The lowest BCUT2D eigenvalue weighted by molar-refractivity contribution is -0.144. The van der Waals surface area contributed by atoms with Crippen LogP contribution in [0.5, 0.6) is 11.5 Å². The van der Waals surface area contributed by atoms with E-state index in [4.69, 9.17) is 4.74 Å². The number of phenols is 1. The van der Waals surface area contributed by atoms with Gasteiger partial charge in [0.2, 0.25) is 0 Å². The molecule has 106 valence electrons. The third kappa shape index (κ3) is 3.38. The minimum absolute atomic E-state index is 0.0113. The Labute approximate surface area is 113 Å². The van der Waals surface area contributed by atoms with E-state index in [0.717, 1.165) is 0 Å². The van der Waals surface area contributed by atoms with Gasteiger partial charge in [-0.3, -0.25) is 5.32 Å². The van der Waals surface area contributed by atoms with Crippen LogP contribution in [0, 0.1) is 5.92 Å². The van der Waals surface area contributed by atoms with Crippen LogP contribution in [0.3, 0.4) is 0 Å². The van der Waals surface area contributed by atoms with Crippen LogP contribution < -0.4 is 10.1 Å². The highest BCUT2D eigenvalue weighted by atomic mass is 16.5. The van der Waals surface area contributed by atoms with Gasteiger partial charge in [-0.1, -0.05) is 19.9 Å². The second kappa shape index (κ2) is 5.93. The molecule has 0 aliphatic carbocycles. The topological polar surface area (TPSA) is 78.8 Å². The number of hydrogen-bond donors (Lipinski definition) is 3. The average Bonchev–Trinajstić information content (AvgIpc) is 2.36. The molecule has 0 saturated carbocycles. The molecule has 3 N–H and O–H groups in total. The molecule has 0 heterocycles. The molecular weight excluding hydrogens is 246 g/mol. The van der Waals surface area contributed by atoms with E-state index in [-0.39, 0.29) is 11.5 Å². The van der Waals surface area contributed by atoms with Gasteiger partial charge in [0.05, 0.1) is 7.11 Å². The number of aliphatic carboxylic acids is 1. The first-order valence-corrected chi connectivity index (χ1v) is 6.17. The van der Waals surface area contributed by atoms with Crippen molar-refractivity contribution in [2.75, 3.05) is 13.7 Å². The number of carbonyl (C=O) groups is 1. The highest BCUT2D eigenvalue weighted by Gasteiger charge is 2.35. The van der Waals surface area contributed by atoms with Crippen molar-refractivity contribution in [2.45, 2.75) is 26.3 Å². The number of ether oxygens (including phenoxy) is 1. The molecule has 1 rings (SSSR count). The fourth-order valence-electron chi connectivity index (χ4n) is 1.70. The van der Waals surface area contributed by atoms with E-state index in [9.17, 15) is 15.0 Å². The van der Waals surface area contributed by atoms with Gasteiger partial charge >= 0.3 is 5.97 Å². The van der Waals surface area contributed by atoms with Crippen molar-refractivity contribution in [2.24, 2.45) is 5.92 Å². The van der Waals surface area contributed by atoms with Crippen LogP contribution in [0.1, 0.15) is 26.3 Å². The molecular formula is C14H21NO4. The van der Waals surface area contributed by atoms with Crippen LogP contribution in [-0.2, 0) is 10.3 Å².